The lowest BCUT2D eigenvalue weighted by molar-refractivity contribution is -0.296. The van der Waals surface area contributed by atoms with Crippen LogP contribution in [0.4, 0.5) is 0 Å². The van der Waals surface area contributed by atoms with Crippen LogP contribution in [-0.4, -0.2) is 62.3 Å². The molecule has 0 saturated heterocycles. The predicted octanol–water partition coefficient (Wildman–Crippen LogP) is 5.38. The van der Waals surface area contributed by atoms with Gasteiger partial charge in [-0.2, -0.15) is 4.89 Å². The highest BCUT2D eigenvalue weighted by Crippen LogP contribution is 2.56. The van der Waals surface area contributed by atoms with E-state index in [1.807, 2.05) is 37.3 Å². The molecule has 1 heterocycles. The number of aliphatic carboxylic acids is 1. The van der Waals surface area contributed by atoms with Gasteiger partial charge in [-0.25, -0.2) is 9.59 Å². The minimum atomic E-state index is -1.30. The van der Waals surface area contributed by atoms with E-state index in [2.05, 4.69) is 0 Å². The number of hydrogen-bond acceptors (Lipinski definition) is 11. The number of hydrogen-bond donors (Lipinski definition) is 1. The summed E-state index contributed by atoms with van der Waals surface area (Å²) in [6.07, 6.45) is -0.908. The standard InChI is InChI=1S/C35H38O12/c1-6-13-41-23-9-10-24-26(15-23)32(25-11-8-22(40-5)16-28(25)42-17-30(36)37)33(35(39)45-20(4)34(38)47-46-19(2)3)31(24)21-7-12-27-29(14-21)44-18-43-27/h7-12,14-16,19-20,31-33H,6,13,17-18H2,1-5H3,(H,36,37). The van der Waals surface area contributed by atoms with E-state index in [0.29, 0.717) is 35.2 Å². The van der Waals surface area contributed by atoms with Crippen LogP contribution in [0, 0.1) is 5.92 Å². The van der Waals surface area contributed by atoms with Crippen LogP contribution in [0.3, 0.4) is 0 Å². The average molecular weight is 651 g/mol. The van der Waals surface area contributed by atoms with Gasteiger partial charge in [-0.05, 0) is 74.2 Å². The van der Waals surface area contributed by atoms with Crippen molar-refractivity contribution in [2.24, 2.45) is 5.92 Å². The highest BCUT2D eigenvalue weighted by molar-refractivity contribution is 5.84. The monoisotopic (exact) mass is 650 g/mol. The van der Waals surface area contributed by atoms with E-state index >= 15 is 0 Å². The Kier molecular flexibility index (Phi) is 10.4. The van der Waals surface area contributed by atoms with Gasteiger partial charge in [-0.15, -0.1) is 0 Å². The predicted molar refractivity (Wildman–Crippen MR) is 166 cm³/mol. The molecule has 1 aliphatic carbocycles. The fourth-order valence-corrected chi connectivity index (χ4v) is 5.80. The van der Waals surface area contributed by atoms with Crippen LogP contribution in [-0.2, 0) is 28.9 Å². The highest BCUT2D eigenvalue weighted by atomic mass is 17.2. The SMILES string of the molecule is CCCOc1ccc2c(c1)C(c1ccc(OC)cc1OCC(=O)O)C(C(=O)OC(C)C(=O)OOC(C)C)C2c1ccc2c(c1)OCO2. The van der Waals surface area contributed by atoms with Crippen molar-refractivity contribution in [3.8, 4) is 28.7 Å². The van der Waals surface area contributed by atoms with Crippen LogP contribution in [0.25, 0.3) is 0 Å². The molecular weight excluding hydrogens is 612 g/mol. The molecule has 1 N–H and O–H groups in total. The Morgan fingerprint density at radius 3 is 2.34 bits per heavy atom. The Morgan fingerprint density at radius 1 is 0.872 bits per heavy atom. The number of carbonyl (C=O) groups excluding carboxylic acids is 2. The van der Waals surface area contributed by atoms with Crippen LogP contribution < -0.4 is 23.7 Å². The second-order valence-corrected chi connectivity index (χ2v) is 11.4. The number of methoxy groups -OCH3 is 1. The maximum atomic E-state index is 14.4. The Hall–Kier alpha value is -4.97. The molecule has 3 aromatic carbocycles. The minimum Gasteiger partial charge on any atom is -0.497 e. The quantitative estimate of drug-likeness (QED) is 0.136. The maximum absolute atomic E-state index is 14.4. The molecule has 0 spiro atoms. The van der Waals surface area contributed by atoms with Gasteiger partial charge in [0.05, 0.1) is 25.7 Å². The van der Waals surface area contributed by atoms with Crippen molar-refractivity contribution in [1.82, 2.24) is 0 Å². The number of carboxylic acids is 1. The summed E-state index contributed by atoms with van der Waals surface area (Å²) >= 11 is 0. The third-order valence-electron chi connectivity index (χ3n) is 7.80. The van der Waals surface area contributed by atoms with Crippen molar-refractivity contribution in [2.45, 2.75) is 58.2 Å². The first-order chi connectivity index (χ1) is 22.6. The molecule has 0 aromatic heterocycles. The maximum Gasteiger partial charge on any atom is 0.382 e. The Balaban J connectivity index is 1.67. The van der Waals surface area contributed by atoms with E-state index in [1.165, 1.54) is 14.0 Å². The molecule has 0 amide bonds. The summed E-state index contributed by atoms with van der Waals surface area (Å²) < 4.78 is 34.2. The van der Waals surface area contributed by atoms with Gasteiger partial charge in [0, 0.05) is 23.5 Å². The number of fused-ring (bicyclic) bond motifs is 2. The summed E-state index contributed by atoms with van der Waals surface area (Å²) in [6.45, 7) is 6.71. The van der Waals surface area contributed by atoms with E-state index in [4.69, 9.17) is 38.2 Å². The molecule has 47 heavy (non-hydrogen) atoms. The van der Waals surface area contributed by atoms with Crippen molar-refractivity contribution in [3.05, 3.63) is 76.9 Å². The van der Waals surface area contributed by atoms with Gasteiger partial charge in [0.2, 0.25) is 6.79 Å². The number of rotatable bonds is 14. The van der Waals surface area contributed by atoms with Crippen molar-refractivity contribution in [1.29, 1.82) is 0 Å². The molecular formula is C35H38O12. The van der Waals surface area contributed by atoms with Gasteiger partial charge < -0.3 is 33.5 Å². The van der Waals surface area contributed by atoms with E-state index in [1.54, 1.807) is 38.1 Å². The summed E-state index contributed by atoms with van der Waals surface area (Å²) in [5, 5.41) is 9.45. The van der Waals surface area contributed by atoms with Crippen molar-refractivity contribution < 1.29 is 57.7 Å². The van der Waals surface area contributed by atoms with Gasteiger partial charge in [0.1, 0.15) is 17.2 Å². The van der Waals surface area contributed by atoms with Gasteiger partial charge in [-0.3, -0.25) is 9.68 Å². The third-order valence-corrected chi connectivity index (χ3v) is 7.80. The summed E-state index contributed by atoms with van der Waals surface area (Å²) in [4.78, 5) is 48.5. The smallest absolute Gasteiger partial charge is 0.382 e. The van der Waals surface area contributed by atoms with Gasteiger partial charge >= 0.3 is 17.9 Å². The Bertz CT molecular complexity index is 1620. The summed E-state index contributed by atoms with van der Waals surface area (Å²) in [6, 6.07) is 16.1. The Labute approximate surface area is 272 Å². The molecule has 0 saturated carbocycles. The molecule has 5 rings (SSSR count). The fourth-order valence-electron chi connectivity index (χ4n) is 5.80. The van der Waals surface area contributed by atoms with Crippen LogP contribution in [0.1, 0.15) is 68.2 Å². The number of carboxylic acid groups (broad SMARTS) is 1. The van der Waals surface area contributed by atoms with E-state index in [0.717, 1.165) is 23.1 Å². The number of esters is 1. The molecule has 12 heteroatoms. The highest BCUT2D eigenvalue weighted by Gasteiger charge is 2.49. The van der Waals surface area contributed by atoms with Crippen molar-refractivity contribution >= 4 is 17.9 Å². The third kappa shape index (κ3) is 7.38. The summed E-state index contributed by atoms with van der Waals surface area (Å²) in [5.74, 6) is -2.69. The second kappa shape index (κ2) is 14.6. The average Bonchev–Trinajstić information content (AvgIpc) is 3.67. The Morgan fingerprint density at radius 2 is 1.62 bits per heavy atom. The van der Waals surface area contributed by atoms with Crippen molar-refractivity contribution in [2.75, 3.05) is 27.1 Å². The van der Waals surface area contributed by atoms with E-state index in [9.17, 15) is 19.5 Å². The van der Waals surface area contributed by atoms with Crippen LogP contribution in [0.5, 0.6) is 28.7 Å². The minimum absolute atomic E-state index is 0.0699. The topological polar surface area (TPSA) is 145 Å². The van der Waals surface area contributed by atoms with E-state index < -0.39 is 54.5 Å². The van der Waals surface area contributed by atoms with Crippen LogP contribution in [0.2, 0.25) is 0 Å². The lowest BCUT2D eigenvalue weighted by Crippen LogP contribution is -2.33. The zero-order valence-corrected chi connectivity index (χ0v) is 26.8. The molecule has 4 atom stereocenters. The molecule has 0 bridgehead atoms. The zero-order chi connectivity index (χ0) is 33.7. The van der Waals surface area contributed by atoms with Gasteiger partial charge in [0.25, 0.3) is 0 Å². The molecule has 12 nitrogen and oxygen atoms in total. The van der Waals surface area contributed by atoms with Gasteiger partial charge in [0.15, 0.2) is 24.2 Å². The molecule has 0 fully saturated rings. The largest absolute Gasteiger partial charge is 0.497 e. The van der Waals surface area contributed by atoms with Gasteiger partial charge in [-0.1, -0.05) is 25.1 Å². The number of ether oxygens (including phenoxy) is 6. The summed E-state index contributed by atoms with van der Waals surface area (Å²) in [7, 11) is 1.48. The van der Waals surface area contributed by atoms with E-state index in [-0.39, 0.29) is 12.5 Å². The van der Waals surface area contributed by atoms with Crippen molar-refractivity contribution in [3.63, 3.8) is 0 Å². The molecule has 2 aliphatic rings. The molecule has 3 aromatic rings. The zero-order valence-electron chi connectivity index (χ0n) is 26.8. The first-order valence-electron chi connectivity index (χ1n) is 15.4. The number of benzene rings is 3. The molecule has 0 radical (unpaired) electrons. The van der Waals surface area contributed by atoms with Crippen LogP contribution in [0.15, 0.2) is 54.6 Å². The lowest BCUT2D eigenvalue weighted by Gasteiger charge is -2.27. The summed E-state index contributed by atoms with van der Waals surface area (Å²) in [5.41, 5.74) is 2.80. The fraction of sp³-hybridized carbons (Fsp3) is 0.400. The van der Waals surface area contributed by atoms with Crippen LogP contribution >= 0.6 is 0 Å². The number of carbonyl (C=O) groups is 3. The molecule has 250 valence electrons. The lowest BCUT2D eigenvalue weighted by atomic mass is 9.79. The molecule has 4 unspecified atom stereocenters. The molecule has 1 aliphatic heterocycles. The first-order valence-corrected chi connectivity index (χ1v) is 15.4. The first kappa shape index (κ1) is 33.4. The second-order valence-electron chi connectivity index (χ2n) is 11.4. The normalized spacial score (nSPS) is 18.3.